The minimum atomic E-state index is -3.78. The topological polar surface area (TPSA) is 92.4 Å². The first kappa shape index (κ1) is 15.2. The quantitative estimate of drug-likeness (QED) is 0.715. The average Bonchev–Trinajstić information content (AvgIpc) is 2.30. The predicted octanol–water partition coefficient (Wildman–Crippen LogP) is 1.36. The largest absolute Gasteiger partial charge is 0.398 e. The summed E-state index contributed by atoms with van der Waals surface area (Å²) in [5.74, 6) is 0. The van der Waals surface area contributed by atoms with Gasteiger partial charge < -0.3 is 10.8 Å². The Morgan fingerprint density at radius 1 is 1.50 bits per heavy atom. The maximum absolute atomic E-state index is 12.0. The van der Waals surface area contributed by atoms with Gasteiger partial charge in [0.25, 0.3) is 0 Å². The summed E-state index contributed by atoms with van der Waals surface area (Å²) in [6, 6.07) is 4.22. The number of aliphatic hydroxyl groups is 1. The smallest absolute Gasteiger partial charge is 0.242 e. The van der Waals surface area contributed by atoms with Crippen LogP contribution in [0, 0.1) is 0 Å². The van der Waals surface area contributed by atoms with Crippen molar-refractivity contribution in [3.05, 3.63) is 23.2 Å². The van der Waals surface area contributed by atoms with Crippen molar-refractivity contribution in [2.24, 2.45) is 0 Å². The molecule has 0 aliphatic carbocycles. The van der Waals surface area contributed by atoms with Crippen LogP contribution >= 0.6 is 11.6 Å². The van der Waals surface area contributed by atoms with E-state index < -0.39 is 15.6 Å². The lowest BCUT2D eigenvalue weighted by Crippen LogP contribution is -2.40. The van der Waals surface area contributed by atoms with Crippen molar-refractivity contribution in [2.45, 2.75) is 30.8 Å². The second-order valence-electron chi connectivity index (χ2n) is 4.36. The molecule has 0 spiro atoms. The van der Waals surface area contributed by atoms with Gasteiger partial charge in [0.2, 0.25) is 10.0 Å². The third-order valence-electron chi connectivity index (χ3n) is 2.67. The van der Waals surface area contributed by atoms with Crippen LogP contribution in [0.3, 0.4) is 0 Å². The fraction of sp³-hybridized carbons (Fsp3) is 0.455. The van der Waals surface area contributed by atoms with E-state index >= 15 is 0 Å². The van der Waals surface area contributed by atoms with E-state index in [-0.39, 0.29) is 22.2 Å². The molecule has 4 N–H and O–H groups in total. The standard InChI is InChI=1S/C11H17ClN2O3S/c1-3-11(2,15)7-14-18(16,17)10-6-8(12)4-5-9(10)13/h4-6,14-15H,3,7,13H2,1-2H3. The Bertz CT molecular complexity index is 529. The Balaban J connectivity index is 2.97. The monoisotopic (exact) mass is 292 g/mol. The van der Waals surface area contributed by atoms with Gasteiger partial charge in [-0.25, -0.2) is 13.1 Å². The molecule has 18 heavy (non-hydrogen) atoms. The third-order valence-corrected chi connectivity index (χ3v) is 4.36. The maximum Gasteiger partial charge on any atom is 0.242 e. The van der Waals surface area contributed by atoms with E-state index in [2.05, 4.69) is 4.72 Å². The summed E-state index contributed by atoms with van der Waals surface area (Å²) >= 11 is 5.74. The molecule has 0 aromatic heterocycles. The molecule has 0 fully saturated rings. The fourth-order valence-electron chi connectivity index (χ4n) is 1.19. The first-order chi connectivity index (χ1) is 8.18. The van der Waals surface area contributed by atoms with Crippen LogP contribution in [-0.2, 0) is 10.0 Å². The van der Waals surface area contributed by atoms with E-state index in [0.717, 1.165) is 0 Å². The van der Waals surface area contributed by atoms with Gasteiger partial charge >= 0.3 is 0 Å². The number of nitrogen functional groups attached to an aromatic ring is 1. The summed E-state index contributed by atoms with van der Waals surface area (Å²) in [6.45, 7) is 3.23. The van der Waals surface area contributed by atoms with Crippen LogP contribution in [0.25, 0.3) is 0 Å². The molecule has 0 aliphatic rings. The van der Waals surface area contributed by atoms with Crippen LogP contribution in [0.1, 0.15) is 20.3 Å². The molecule has 5 nitrogen and oxygen atoms in total. The molecule has 0 radical (unpaired) electrons. The number of halogens is 1. The molecule has 0 saturated heterocycles. The van der Waals surface area contributed by atoms with Crippen molar-refractivity contribution >= 4 is 27.3 Å². The highest BCUT2D eigenvalue weighted by molar-refractivity contribution is 7.89. The van der Waals surface area contributed by atoms with Gasteiger partial charge in [0.15, 0.2) is 0 Å². The van der Waals surface area contributed by atoms with E-state index in [4.69, 9.17) is 17.3 Å². The summed E-state index contributed by atoms with van der Waals surface area (Å²) in [6.07, 6.45) is 0.431. The van der Waals surface area contributed by atoms with Gasteiger partial charge in [-0.15, -0.1) is 0 Å². The maximum atomic E-state index is 12.0. The molecular weight excluding hydrogens is 276 g/mol. The zero-order chi connectivity index (χ0) is 14.0. The first-order valence-corrected chi connectivity index (χ1v) is 7.31. The number of anilines is 1. The predicted molar refractivity (Wildman–Crippen MR) is 72.0 cm³/mol. The molecule has 1 unspecified atom stereocenters. The number of sulfonamides is 1. The van der Waals surface area contributed by atoms with E-state index in [9.17, 15) is 13.5 Å². The van der Waals surface area contributed by atoms with Gasteiger partial charge in [-0.3, -0.25) is 0 Å². The van der Waals surface area contributed by atoms with E-state index in [0.29, 0.717) is 6.42 Å². The van der Waals surface area contributed by atoms with Crippen molar-refractivity contribution in [3.63, 3.8) is 0 Å². The van der Waals surface area contributed by atoms with Gasteiger partial charge in [-0.05, 0) is 31.5 Å². The van der Waals surface area contributed by atoms with Gasteiger partial charge in [-0.1, -0.05) is 18.5 Å². The summed E-state index contributed by atoms with van der Waals surface area (Å²) in [5.41, 5.74) is 4.62. The molecule has 7 heteroatoms. The minimum Gasteiger partial charge on any atom is -0.398 e. The second kappa shape index (κ2) is 5.44. The highest BCUT2D eigenvalue weighted by Gasteiger charge is 2.23. The Hall–Kier alpha value is -0.820. The summed E-state index contributed by atoms with van der Waals surface area (Å²) in [7, 11) is -3.78. The number of nitrogens with two attached hydrogens (primary N) is 1. The van der Waals surface area contributed by atoms with Crippen molar-refractivity contribution in [2.75, 3.05) is 12.3 Å². The zero-order valence-electron chi connectivity index (χ0n) is 10.3. The molecular formula is C11H17ClN2O3S. The fourth-order valence-corrected chi connectivity index (χ4v) is 2.75. The zero-order valence-corrected chi connectivity index (χ0v) is 11.8. The molecule has 1 aromatic rings. The number of nitrogens with one attached hydrogen (secondary N) is 1. The number of hydrogen-bond donors (Lipinski definition) is 3. The van der Waals surface area contributed by atoms with E-state index in [1.165, 1.54) is 18.2 Å². The minimum absolute atomic E-state index is 0.0816. The van der Waals surface area contributed by atoms with Crippen LogP contribution in [-0.4, -0.2) is 25.7 Å². The summed E-state index contributed by atoms with van der Waals surface area (Å²) in [5, 5.41) is 10.1. The lowest BCUT2D eigenvalue weighted by atomic mass is 10.1. The average molecular weight is 293 g/mol. The van der Waals surface area contributed by atoms with Crippen LogP contribution in [0.5, 0.6) is 0 Å². The second-order valence-corrected chi connectivity index (χ2v) is 6.53. The molecule has 0 amide bonds. The number of hydrogen-bond acceptors (Lipinski definition) is 4. The third kappa shape index (κ3) is 3.84. The molecule has 0 heterocycles. The van der Waals surface area contributed by atoms with Crippen molar-refractivity contribution < 1.29 is 13.5 Å². The number of benzene rings is 1. The highest BCUT2D eigenvalue weighted by Crippen LogP contribution is 2.22. The molecule has 1 rings (SSSR count). The Kier molecular flexibility index (Phi) is 4.61. The molecule has 1 aromatic carbocycles. The van der Waals surface area contributed by atoms with Crippen LogP contribution in [0.15, 0.2) is 23.1 Å². The van der Waals surface area contributed by atoms with Crippen molar-refractivity contribution in [1.82, 2.24) is 4.72 Å². The highest BCUT2D eigenvalue weighted by atomic mass is 35.5. The van der Waals surface area contributed by atoms with Crippen LogP contribution in [0.2, 0.25) is 5.02 Å². The molecule has 0 bridgehead atoms. The van der Waals surface area contributed by atoms with Gasteiger partial charge in [-0.2, -0.15) is 0 Å². The van der Waals surface area contributed by atoms with E-state index in [1.54, 1.807) is 13.8 Å². The van der Waals surface area contributed by atoms with Gasteiger partial charge in [0.05, 0.1) is 11.3 Å². The van der Waals surface area contributed by atoms with E-state index in [1.807, 2.05) is 0 Å². The molecule has 0 saturated carbocycles. The number of rotatable bonds is 5. The van der Waals surface area contributed by atoms with Gasteiger partial charge in [0, 0.05) is 11.6 Å². The Morgan fingerprint density at radius 2 is 2.11 bits per heavy atom. The van der Waals surface area contributed by atoms with Crippen LogP contribution in [0.4, 0.5) is 5.69 Å². The molecule has 1 atom stereocenters. The van der Waals surface area contributed by atoms with Crippen molar-refractivity contribution in [3.8, 4) is 0 Å². The van der Waals surface area contributed by atoms with Crippen molar-refractivity contribution in [1.29, 1.82) is 0 Å². The van der Waals surface area contributed by atoms with Gasteiger partial charge in [0.1, 0.15) is 4.90 Å². The molecule has 0 aliphatic heterocycles. The lowest BCUT2D eigenvalue weighted by Gasteiger charge is -2.21. The first-order valence-electron chi connectivity index (χ1n) is 5.45. The van der Waals surface area contributed by atoms with Crippen LogP contribution < -0.4 is 10.5 Å². The Labute approximate surface area is 112 Å². The summed E-state index contributed by atoms with van der Waals surface area (Å²) < 4.78 is 26.3. The summed E-state index contributed by atoms with van der Waals surface area (Å²) in [4.78, 5) is -0.0816. The SMILES string of the molecule is CCC(C)(O)CNS(=O)(=O)c1cc(Cl)ccc1N. The molecule has 102 valence electrons. The normalized spacial score (nSPS) is 15.3. The Morgan fingerprint density at radius 3 is 2.67 bits per heavy atom. The lowest BCUT2D eigenvalue weighted by molar-refractivity contribution is 0.0613.